The third kappa shape index (κ3) is 3.64. The lowest BCUT2D eigenvalue weighted by atomic mass is 10.2. The average molecular weight is 409 g/mol. The minimum absolute atomic E-state index is 0.184. The van der Waals surface area contributed by atoms with Crippen molar-refractivity contribution in [2.45, 2.75) is 0 Å². The summed E-state index contributed by atoms with van der Waals surface area (Å²) in [7, 11) is 1.66. The maximum Gasteiger partial charge on any atom is 0.266 e. The zero-order chi connectivity index (χ0) is 19.7. The summed E-state index contributed by atoms with van der Waals surface area (Å²) >= 11 is 2.65. The molecule has 1 aliphatic rings. The van der Waals surface area contributed by atoms with Crippen molar-refractivity contribution in [3.63, 3.8) is 0 Å². The van der Waals surface area contributed by atoms with Crippen molar-refractivity contribution in [3.8, 4) is 22.8 Å². The van der Waals surface area contributed by atoms with E-state index >= 15 is 0 Å². The lowest BCUT2D eigenvalue weighted by molar-refractivity contribution is -0.121. The van der Waals surface area contributed by atoms with Crippen molar-refractivity contribution < 1.29 is 15.0 Å². The van der Waals surface area contributed by atoms with Crippen LogP contribution in [0.3, 0.4) is 0 Å². The molecule has 0 radical (unpaired) electrons. The van der Waals surface area contributed by atoms with Gasteiger partial charge in [-0.05, 0) is 35.5 Å². The van der Waals surface area contributed by atoms with Gasteiger partial charge in [-0.15, -0.1) is 11.3 Å². The summed E-state index contributed by atoms with van der Waals surface area (Å²) in [5.74, 6) is -0.621. The number of rotatable bonds is 3. The highest BCUT2D eigenvalue weighted by Gasteiger charge is 2.30. The number of carbonyl (C=O) groups excluding carboxylic acids is 1. The largest absolute Gasteiger partial charge is 0.504 e. The van der Waals surface area contributed by atoms with E-state index in [9.17, 15) is 15.0 Å². The number of carbonyl (C=O) groups is 1. The van der Waals surface area contributed by atoms with Crippen LogP contribution >= 0.6 is 23.1 Å². The van der Waals surface area contributed by atoms with Crippen molar-refractivity contribution in [3.05, 3.63) is 64.4 Å². The van der Waals surface area contributed by atoms with Crippen molar-refractivity contribution in [2.75, 3.05) is 7.05 Å². The van der Waals surface area contributed by atoms with Crippen LogP contribution < -0.4 is 0 Å². The summed E-state index contributed by atoms with van der Waals surface area (Å²) in [4.78, 5) is 23.5. The molecule has 28 heavy (non-hydrogen) atoms. The lowest BCUT2D eigenvalue weighted by Gasteiger charge is -2.05. The highest BCUT2D eigenvalue weighted by Crippen LogP contribution is 2.35. The number of likely N-dealkylation sites (N-methyl/N-ethyl adjacent to an activating group) is 1. The predicted octanol–water partition coefficient (Wildman–Crippen LogP) is 4.46. The second kappa shape index (κ2) is 7.49. The molecular weight excluding hydrogens is 394 g/mol. The van der Waals surface area contributed by atoms with Gasteiger partial charge in [0.1, 0.15) is 0 Å². The molecule has 1 aromatic heterocycles. The van der Waals surface area contributed by atoms with Crippen LogP contribution in [0.25, 0.3) is 17.3 Å². The number of hydrogen-bond donors (Lipinski definition) is 2. The third-order valence-corrected chi connectivity index (χ3v) is 5.85. The lowest BCUT2D eigenvalue weighted by Crippen LogP contribution is -2.23. The van der Waals surface area contributed by atoms with Gasteiger partial charge in [0.05, 0.1) is 10.6 Å². The molecule has 0 spiro atoms. The summed E-state index contributed by atoms with van der Waals surface area (Å²) in [5.41, 5.74) is 2.47. The van der Waals surface area contributed by atoms with Crippen LogP contribution in [0, 0.1) is 0 Å². The van der Waals surface area contributed by atoms with Gasteiger partial charge in [0, 0.05) is 18.0 Å². The Labute approximate surface area is 169 Å². The molecule has 140 valence electrons. The maximum atomic E-state index is 12.5. The van der Waals surface area contributed by atoms with Gasteiger partial charge >= 0.3 is 0 Å². The molecule has 2 heterocycles. The van der Waals surface area contributed by atoms with Crippen molar-refractivity contribution in [1.29, 1.82) is 0 Å². The van der Waals surface area contributed by atoms with Crippen LogP contribution in [0.4, 0.5) is 5.13 Å². The second-order valence-corrected chi connectivity index (χ2v) is 7.84. The molecule has 0 saturated carbocycles. The van der Waals surface area contributed by atoms with Crippen LogP contribution in [0.1, 0.15) is 5.56 Å². The molecule has 2 N–H and O–H groups in total. The van der Waals surface area contributed by atoms with Gasteiger partial charge in [-0.1, -0.05) is 36.4 Å². The minimum Gasteiger partial charge on any atom is -0.504 e. The van der Waals surface area contributed by atoms with E-state index in [4.69, 9.17) is 0 Å². The molecule has 3 aromatic rings. The fraction of sp³-hybridized carbons (Fsp3) is 0.0500. The van der Waals surface area contributed by atoms with Crippen LogP contribution in [0.15, 0.2) is 63.8 Å². The first-order chi connectivity index (χ1) is 13.5. The van der Waals surface area contributed by atoms with E-state index in [1.165, 1.54) is 40.1 Å². The van der Waals surface area contributed by atoms with Crippen molar-refractivity contribution in [2.24, 2.45) is 4.99 Å². The van der Waals surface area contributed by atoms with Gasteiger partial charge in [0.2, 0.25) is 5.13 Å². The number of thioether (sulfide) groups is 1. The first-order valence-corrected chi connectivity index (χ1v) is 10.00. The molecule has 0 atom stereocenters. The van der Waals surface area contributed by atoms with E-state index in [2.05, 4.69) is 9.98 Å². The number of amidine groups is 1. The minimum atomic E-state index is -0.233. The first-order valence-electron chi connectivity index (χ1n) is 8.30. The number of phenols is 2. The molecule has 0 bridgehead atoms. The monoisotopic (exact) mass is 409 g/mol. The fourth-order valence-corrected chi connectivity index (χ4v) is 4.29. The maximum absolute atomic E-state index is 12.5. The standard InChI is InChI=1S/C20H15N3O3S2/c1-23-18(26)17(10-12-7-8-15(24)16(25)9-12)28-20(23)22-19-21-14(11-27-19)13-5-3-2-4-6-13/h2-11,24-25H,1H3/b17-10-,22-20+. The van der Waals surface area contributed by atoms with Gasteiger partial charge in [-0.3, -0.25) is 9.69 Å². The Morgan fingerprint density at radius 3 is 2.64 bits per heavy atom. The number of phenolic OH excluding ortho intramolecular Hbond substituents is 2. The van der Waals surface area contributed by atoms with E-state index in [0.717, 1.165) is 11.3 Å². The molecule has 1 fully saturated rings. The van der Waals surface area contributed by atoms with Gasteiger partial charge in [0.25, 0.3) is 5.91 Å². The molecule has 1 aliphatic heterocycles. The zero-order valence-corrected chi connectivity index (χ0v) is 16.4. The van der Waals surface area contributed by atoms with Crippen LogP contribution in [0.5, 0.6) is 11.5 Å². The van der Waals surface area contributed by atoms with E-state index in [-0.39, 0.29) is 17.4 Å². The number of amides is 1. The molecule has 1 amide bonds. The van der Waals surface area contributed by atoms with Crippen LogP contribution in [0.2, 0.25) is 0 Å². The summed E-state index contributed by atoms with van der Waals surface area (Å²) in [5, 5.41) is 22.1. The summed E-state index contributed by atoms with van der Waals surface area (Å²) in [6.45, 7) is 0. The molecule has 8 heteroatoms. The Hall–Kier alpha value is -3.10. The Morgan fingerprint density at radius 1 is 1.11 bits per heavy atom. The topological polar surface area (TPSA) is 86.0 Å². The Balaban J connectivity index is 1.59. The molecule has 0 unspecified atom stereocenters. The van der Waals surface area contributed by atoms with E-state index in [1.807, 2.05) is 35.7 Å². The second-order valence-electron chi connectivity index (χ2n) is 6.00. The molecule has 6 nitrogen and oxygen atoms in total. The number of thiazole rings is 1. The fourth-order valence-electron chi connectivity index (χ4n) is 2.57. The zero-order valence-electron chi connectivity index (χ0n) is 14.7. The number of benzene rings is 2. The summed E-state index contributed by atoms with van der Waals surface area (Å²) in [6.07, 6.45) is 1.66. The molecular formula is C20H15N3O3S2. The Kier molecular flexibility index (Phi) is 4.89. The predicted molar refractivity (Wildman–Crippen MR) is 113 cm³/mol. The number of aromatic nitrogens is 1. The smallest absolute Gasteiger partial charge is 0.266 e. The summed E-state index contributed by atoms with van der Waals surface area (Å²) < 4.78 is 0. The van der Waals surface area contributed by atoms with E-state index < -0.39 is 0 Å². The molecule has 2 aromatic carbocycles. The van der Waals surface area contributed by atoms with Crippen LogP contribution in [-0.4, -0.2) is 38.2 Å². The highest BCUT2D eigenvalue weighted by atomic mass is 32.2. The average Bonchev–Trinajstić information content (AvgIpc) is 3.27. The number of aromatic hydroxyl groups is 2. The van der Waals surface area contributed by atoms with Gasteiger partial charge < -0.3 is 10.2 Å². The van der Waals surface area contributed by atoms with Crippen molar-refractivity contribution in [1.82, 2.24) is 9.88 Å². The molecule has 4 rings (SSSR count). The quantitative estimate of drug-likeness (QED) is 0.493. The Morgan fingerprint density at radius 2 is 1.89 bits per heavy atom. The number of nitrogens with zero attached hydrogens (tertiary/aromatic N) is 3. The SMILES string of the molecule is CN1C(=O)/C(=C/c2ccc(O)c(O)c2)S/C1=N/c1nc(-c2ccccc2)cs1. The molecule has 0 aliphatic carbocycles. The van der Waals surface area contributed by atoms with Crippen LogP contribution in [-0.2, 0) is 4.79 Å². The summed E-state index contributed by atoms with van der Waals surface area (Å²) in [6, 6.07) is 14.2. The number of aliphatic imine (C=N–C) groups is 1. The van der Waals surface area contributed by atoms with E-state index in [1.54, 1.807) is 19.2 Å². The van der Waals surface area contributed by atoms with Gasteiger partial charge in [-0.2, -0.15) is 4.99 Å². The third-order valence-electron chi connectivity index (χ3n) is 4.05. The first kappa shape index (κ1) is 18.3. The van der Waals surface area contributed by atoms with Crippen molar-refractivity contribution >= 4 is 45.4 Å². The van der Waals surface area contributed by atoms with Gasteiger partial charge in [0.15, 0.2) is 16.7 Å². The highest BCUT2D eigenvalue weighted by molar-refractivity contribution is 8.18. The van der Waals surface area contributed by atoms with Gasteiger partial charge in [-0.25, -0.2) is 4.98 Å². The Bertz CT molecular complexity index is 1110. The van der Waals surface area contributed by atoms with E-state index in [0.29, 0.717) is 20.8 Å². The number of hydrogen-bond acceptors (Lipinski definition) is 7. The molecule has 1 saturated heterocycles. The normalized spacial score (nSPS) is 17.0.